The van der Waals surface area contributed by atoms with Crippen molar-refractivity contribution in [3.8, 4) is 0 Å². The number of hydrogen-bond acceptors (Lipinski definition) is 4. The summed E-state index contributed by atoms with van der Waals surface area (Å²) in [4.78, 5) is 16.7. The third kappa shape index (κ3) is 1.92. The van der Waals surface area contributed by atoms with Gasteiger partial charge in [0.2, 0.25) is 0 Å². The zero-order valence-electron chi connectivity index (χ0n) is 6.70. The van der Waals surface area contributed by atoms with Gasteiger partial charge < -0.3 is 4.74 Å². The minimum absolute atomic E-state index is 0.274. The topological polar surface area (TPSA) is 42.4 Å². The average molecular weight is 219 g/mol. The Hall–Kier alpha value is -0.810. The van der Waals surface area contributed by atoms with Gasteiger partial charge in [0.05, 0.1) is 18.8 Å². The Morgan fingerprint density at radius 1 is 1.77 bits per heavy atom. The number of halogens is 1. The number of cyclic esters (lactones) is 1. The van der Waals surface area contributed by atoms with Crippen LogP contribution in [-0.2, 0) is 11.3 Å². The van der Waals surface area contributed by atoms with Gasteiger partial charge in [-0.15, -0.1) is 11.3 Å². The molecule has 1 aromatic rings. The van der Waals surface area contributed by atoms with E-state index in [4.69, 9.17) is 16.3 Å². The number of nitrogens with zero attached hydrogens (tertiary/aromatic N) is 2. The summed E-state index contributed by atoms with van der Waals surface area (Å²) in [6.07, 6.45) is -0.274. The maximum Gasteiger partial charge on any atom is 0.410 e. The molecule has 1 aromatic heterocycles. The van der Waals surface area contributed by atoms with E-state index < -0.39 is 0 Å². The number of aromatic nitrogens is 1. The SMILES string of the molecule is O=C1OCCN1Cc1csc(Cl)n1. The predicted molar refractivity (Wildman–Crippen MR) is 48.9 cm³/mol. The maximum absolute atomic E-state index is 11.0. The fourth-order valence-corrected chi connectivity index (χ4v) is 1.89. The molecule has 6 heteroatoms. The number of hydrogen-bond donors (Lipinski definition) is 0. The van der Waals surface area contributed by atoms with E-state index in [-0.39, 0.29) is 6.09 Å². The highest BCUT2D eigenvalue weighted by Gasteiger charge is 2.22. The normalized spacial score (nSPS) is 16.4. The summed E-state index contributed by atoms with van der Waals surface area (Å²) in [6, 6.07) is 0. The molecule has 0 unspecified atom stereocenters. The molecule has 0 atom stereocenters. The van der Waals surface area contributed by atoms with Crippen LogP contribution in [0.3, 0.4) is 0 Å². The van der Waals surface area contributed by atoms with E-state index in [1.165, 1.54) is 11.3 Å². The molecule has 0 spiro atoms. The smallest absolute Gasteiger partial charge is 0.410 e. The summed E-state index contributed by atoms with van der Waals surface area (Å²) >= 11 is 7.02. The molecule has 0 bridgehead atoms. The first-order valence-electron chi connectivity index (χ1n) is 3.77. The third-order valence-electron chi connectivity index (χ3n) is 1.72. The predicted octanol–water partition coefficient (Wildman–Crippen LogP) is 1.75. The zero-order chi connectivity index (χ0) is 9.26. The molecule has 0 aliphatic carbocycles. The summed E-state index contributed by atoms with van der Waals surface area (Å²) in [5, 5.41) is 1.84. The maximum atomic E-state index is 11.0. The standard InChI is InChI=1S/C7H7ClN2O2S/c8-6-9-5(4-13-6)3-10-1-2-12-7(10)11/h4H,1-3H2. The van der Waals surface area contributed by atoms with E-state index in [2.05, 4.69) is 4.98 Å². The van der Waals surface area contributed by atoms with Crippen molar-refractivity contribution in [2.75, 3.05) is 13.2 Å². The first-order chi connectivity index (χ1) is 6.25. The van der Waals surface area contributed by atoms with Crippen LogP contribution in [0, 0.1) is 0 Å². The van der Waals surface area contributed by atoms with Crippen molar-refractivity contribution in [2.24, 2.45) is 0 Å². The second-order valence-corrected chi connectivity index (χ2v) is 4.07. The Balaban J connectivity index is 2.01. The highest BCUT2D eigenvalue weighted by molar-refractivity contribution is 7.13. The molecule has 2 heterocycles. The molecule has 4 nitrogen and oxygen atoms in total. The van der Waals surface area contributed by atoms with Crippen molar-refractivity contribution in [3.63, 3.8) is 0 Å². The van der Waals surface area contributed by atoms with Crippen LogP contribution in [0.15, 0.2) is 5.38 Å². The van der Waals surface area contributed by atoms with Gasteiger partial charge in [0.1, 0.15) is 6.61 Å². The van der Waals surface area contributed by atoms with Gasteiger partial charge in [0.25, 0.3) is 0 Å². The Morgan fingerprint density at radius 3 is 3.15 bits per heavy atom. The highest BCUT2D eigenvalue weighted by Crippen LogP contribution is 2.17. The first kappa shape index (κ1) is 8.77. The Bertz CT molecular complexity index is 328. The molecule has 0 aromatic carbocycles. The molecule has 70 valence electrons. The van der Waals surface area contributed by atoms with Crippen molar-refractivity contribution in [3.05, 3.63) is 15.5 Å². The second-order valence-electron chi connectivity index (χ2n) is 2.63. The van der Waals surface area contributed by atoms with Gasteiger partial charge in [-0.2, -0.15) is 0 Å². The fourth-order valence-electron chi connectivity index (χ4n) is 1.12. The second kappa shape index (κ2) is 3.51. The Labute approximate surface area is 84.1 Å². The van der Waals surface area contributed by atoms with Crippen LogP contribution >= 0.6 is 22.9 Å². The van der Waals surface area contributed by atoms with Crippen LogP contribution in [0.2, 0.25) is 4.47 Å². The van der Waals surface area contributed by atoms with Crippen molar-refractivity contribution in [1.82, 2.24) is 9.88 Å². The first-order valence-corrected chi connectivity index (χ1v) is 5.03. The van der Waals surface area contributed by atoms with Gasteiger partial charge >= 0.3 is 6.09 Å². The van der Waals surface area contributed by atoms with Crippen LogP contribution in [-0.4, -0.2) is 29.1 Å². The van der Waals surface area contributed by atoms with Crippen LogP contribution < -0.4 is 0 Å². The molecule has 2 rings (SSSR count). The largest absolute Gasteiger partial charge is 0.448 e. The van der Waals surface area contributed by atoms with E-state index in [1.54, 1.807) is 4.90 Å². The summed E-state index contributed by atoms with van der Waals surface area (Å²) in [5.41, 5.74) is 0.814. The van der Waals surface area contributed by atoms with E-state index in [0.717, 1.165) is 5.69 Å². The summed E-state index contributed by atoms with van der Waals surface area (Å²) in [5.74, 6) is 0. The van der Waals surface area contributed by atoms with Crippen molar-refractivity contribution in [2.45, 2.75) is 6.54 Å². The van der Waals surface area contributed by atoms with Crippen molar-refractivity contribution in [1.29, 1.82) is 0 Å². The molecular weight excluding hydrogens is 212 g/mol. The van der Waals surface area contributed by atoms with E-state index in [9.17, 15) is 4.79 Å². The lowest BCUT2D eigenvalue weighted by molar-refractivity contribution is 0.157. The van der Waals surface area contributed by atoms with Crippen molar-refractivity contribution >= 4 is 29.0 Å². The lowest BCUT2D eigenvalue weighted by Crippen LogP contribution is -2.23. The zero-order valence-corrected chi connectivity index (χ0v) is 8.27. The number of carbonyl (C=O) groups excluding carboxylic acids is 1. The molecule has 0 N–H and O–H groups in total. The van der Waals surface area contributed by atoms with E-state index >= 15 is 0 Å². The average Bonchev–Trinajstić information content (AvgIpc) is 2.64. The van der Waals surface area contributed by atoms with Gasteiger partial charge in [-0.1, -0.05) is 11.6 Å². The molecule has 1 amide bonds. The molecule has 1 fully saturated rings. The van der Waals surface area contributed by atoms with Crippen LogP contribution in [0.1, 0.15) is 5.69 Å². The van der Waals surface area contributed by atoms with E-state index in [1.807, 2.05) is 5.38 Å². The fraction of sp³-hybridized carbons (Fsp3) is 0.429. The molecule has 1 aliphatic rings. The van der Waals surface area contributed by atoms with Crippen LogP contribution in [0.5, 0.6) is 0 Å². The van der Waals surface area contributed by atoms with Crippen molar-refractivity contribution < 1.29 is 9.53 Å². The summed E-state index contributed by atoms with van der Waals surface area (Å²) in [7, 11) is 0. The van der Waals surface area contributed by atoms with Crippen LogP contribution in [0.4, 0.5) is 4.79 Å². The van der Waals surface area contributed by atoms with Gasteiger partial charge in [-0.05, 0) is 0 Å². The number of carbonyl (C=O) groups is 1. The molecule has 0 saturated carbocycles. The molecule has 0 radical (unpaired) electrons. The van der Waals surface area contributed by atoms with Crippen LogP contribution in [0.25, 0.3) is 0 Å². The number of rotatable bonds is 2. The number of ether oxygens (including phenoxy) is 1. The number of thiazole rings is 1. The monoisotopic (exact) mass is 218 g/mol. The molecule has 13 heavy (non-hydrogen) atoms. The summed E-state index contributed by atoms with van der Waals surface area (Å²) in [6.45, 7) is 1.59. The quantitative estimate of drug-likeness (QED) is 0.760. The molecule has 1 aliphatic heterocycles. The Kier molecular flexibility index (Phi) is 2.37. The highest BCUT2D eigenvalue weighted by atomic mass is 35.5. The van der Waals surface area contributed by atoms with Gasteiger partial charge in [0, 0.05) is 5.38 Å². The minimum atomic E-state index is -0.274. The third-order valence-corrected chi connectivity index (χ3v) is 2.75. The minimum Gasteiger partial charge on any atom is -0.448 e. The molecular formula is C7H7ClN2O2S. The van der Waals surface area contributed by atoms with E-state index in [0.29, 0.717) is 24.2 Å². The van der Waals surface area contributed by atoms with Gasteiger partial charge in [-0.25, -0.2) is 9.78 Å². The molecule has 1 saturated heterocycles. The lowest BCUT2D eigenvalue weighted by Gasteiger charge is -2.09. The van der Waals surface area contributed by atoms with Gasteiger partial charge in [-0.3, -0.25) is 4.90 Å². The summed E-state index contributed by atoms with van der Waals surface area (Å²) < 4.78 is 5.28. The number of amides is 1. The Morgan fingerprint density at radius 2 is 2.62 bits per heavy atom. The van der Waals surface area contributed by atoms with Gasteiger partial charge in [0.15, 0.2) is 4.47 Å². The lowest BCUT2D eigenvalue weighted by atomic mass is 10.4.